The second-order valence-electron chi connectivity index (χ2n) is 9.38. The summed E-state index contributed by atoms with van der Waals surface area (Å²) in [6, 6.07) is 25.8. The molecule has 0 aliphatic carbocycles. The number of halogens is 1. The number of phenolic OH excluding ortho intramolecular Hbond substituents is 1. The monoisotopic (exact) mass is 519 g/mol. The summed E-state index contributed by atoms with van der Waals surface area (Å²) in [5.74, 6) is 2.51. The molecule has 194 valence electrons. The molecule has 5 nitrogen and oxygen atoms in total. The topological polar surface area (TPSA) is 71.0 Å². The summed E-state index contributed by atoms with van der Waals surface area (Å²) in [7, 11) is 0. The highest BCUT2D eigenvalue weighted by molar-refractivity contribution is 5.96. The van der Waals surface area contributed by atoms with Crippen molar-refractivity contribution < 1.29 is 19.7 Å². The Bertz CT molecular complexity index is 1290. The molecule has 1 saturated heterocycles. The number of hydrogen-bond acceptors (Lipinski definition) is 5. The summed E-state index contributed by atoms with van der Waals surface area (Å²) in [6.45, 7) is 1.94. The van der Waals surface area contributed by atoms with Crippen LogP contribution < -0.4 is 14.8 Å². The van der Waals surface area contributed by atoms with Gasteiger partial charge in [-0.15, -0.1) is 12.4 Å². The lowest BCUT2D eigenvalue weighted by Gasteiger charge is -2.23. The van der Waals surface area contributed by atoms with Crippen molar-refractivity contribution in [3.63, 3.8) is 0 Å². The van der Waals surface area contributed by atoms with Crippen LogP contribution in [0.25, 0.3) is 21.9 Å². The van der Waals surface area contributed by atoms with Crippen molar-refractivity contribution >= 4 is 23.2 Å². The number of nitrogens with one attached hydrogen (secondary N) is 1. The maximum Gasteiger partial charge on any atom is 0.143 e. The molecule has 0 aromatic heterocycles. The first-order valence-corrected chi connectivity index (χ1v) is 12.8. The van der Waals surface area contributed by atoms with E-state index in [9.17, 15) is 10.2 Å². The molecule has 1 atom stereocenters. The number of fused-ring (bicyclic) bond motifs is 1. The molecule has 4 aromatic carbocycles. The third kappa shape index (κ3) is 6.75. The van der Waals surface area contributed by atoms with E-state index >= 15 is 0 Å². The van der Waals surface area contributed by atoms with Crippen molar-refractivity contribution in [3.8, 4) is 34.1 Å². The van der Waals surface area contributed by atoms with E-state index in [1.54, 1.807) is 12.1 Å². The molecular formula is C31H34ClNO4. The molecule has 1 aliphatic rings. The Morgan fingerprint density at radius 2 is 1.65 bits per heavy atom. The Labute approximate surface area is 224 Å². The van der Waals surface area contributed by atoms with Crippen LogP contribution in [0, 0.1) is 0 Å². The van der Waals surface area contributed by atoms with E-state index in [-0.39, 0.29) is 24.8 Å². The quantitative estimate of drug-likeness (QED) is 0.225. The van der Waals surface area contributed by atoms with Crippen LogP contribution in [0.5, 0.6) is 23.0 Å². The first-order chi connectivity index (χ1) is 17.7. The van der Waals surface area contributed by atoms with Crippen LogP contribution >= 0.6 is 12.4 Å². The zero-order valence-corrected chi connectivity index (χ0v) is 21.7. The van der Waals surface area contributed by atoms with Crippen LogP contribution in [0.15, 0.2) is 78.9 Å². The fourth-order valence-corrected chi connectivity index (χ4v) is 4.82. The first kappa shape index (κ1) is 26.8. The summed E-state index contributed by atoms with van der Waals surface area (Å²) in [5, 5.41) is 24.6. The molecule has 0 spiro atoms. The minimum Gasteiger partial charge on any atom is -0.508 e. The van der Waals surface area contributed by atoms with Crippen LogP contribution in [-0.4, -0.2) is 36.0 Å². The van der Waals surface area contributed by atoms with E-state index in [2.05, 4.69) is 17.4 Å². The summed E-state index contributed by atoms with van der Waals surface area (Å²) in [5.41, 5.74) is 3.08. The Balaban J connectivity index is 0.00000320. The second kappa shape index (κ2) is 12.8. The van der Waals surface area contributed by atoms with Crippen LogP contribution in [0.3, 0.4) is 0 Å². The third-order valence-electron chi connectivity index (χ3n) is 6.81. The number of aromatic hydroxyl groups is 1. The molecular weight excluding hydrogens is 486 g/mol. The highest BCUT2D eigenvalue weighted by Crippen LogP contribution is 2.40. The smallest absolute Gasteiger partial charge is 0.143 e. The number of hydrogen-bond donors (Lipinski definition) is 3. The van der Waals surface area contributed by atoms with Gasteiger partial charge in [0.2, 0.25) is 0 Å². The summed E-state index contributed by atoms with van der Waals surface area (Å²) < 4.78 is 12.4. The number of ether oxygens (including phenoxy) is 2. The van der Waals surface area contributed by atoms with Gasteiger partial charge in [-0.2, -0.15) is 0 Å². The van der Waals surface area contributed by atoms with E-state index in [4.69, 9.17) is 9.47 Å². The fourth-order valence-electron chi connectivity index (χ4n) is 4.82. The average Bonchev–Trinajstić information content (AvgIpc) is 2.91. The molecule has 37 heavy (non-hydrogen) atoms. The van der Waals surface area contributed by atoms with Crippen molar-refractivity contribution in [2.75, 3.05) is 19.8 Å². The van der Waals surface area contributed by atoms with Gasteiger partial charge in [-0.3, -0.25) is 0 Å². The Hall–Kier alpha value is -3.25. The standard InChI is InChI=1S/C31H33NO4.ClH/c33-19-16-22-4-6-23(7-5-22)29-14-8-24-21-26(34)9-15-30(24)31(29)36-28-12-10-27(11-13-28)35-20-17-25-3-1-2-18-32-25;/h4-15,21,25,32-34H,1-3,16-20H2;1H. The van der Waals surface area contributed by atoms with Crippen LogP contribution in [-0.2, 0) is 6.42 Å². The molecule has 4 aromatic rings. The lowest BCUT2D eigenvalue weighted by Crippen LogP contribution is -2.35. The Kier molecular flexibility index (Phi) is 9.29. The van der Waals surface area contributed by atoms with Gasteiger partial charge in [0, 0.05) is 23.6 Å². The second-order valence-corrected chi connectivity index (χ2v) is 9.38. The van der Waals surface area contributed by atoms with Crippen LogP contribution in [0.4, 0.5) is 0 Å². The number of piperidine rings is 1. The molecule has 1 unspecified atom stereocenters. The van der Waals surface area contributed by atoms with Gasteiger partial charge >= 0.3 is 0 Å². The molecule has 3 N–H and O–H groups in total. The molecule has 0 bridgehead atoms. The third-order valence-corrected chi connectivity index (χ3v) is 6.81. The van der Waals surface area contributed by atoms with Gasteiger partial charge in [0.05, 0.1) is 6.61 Å². The van der Waals surface area contributed by atoms with Gasteiger partial charge in [-0.05, 0) is 97.3 Å². The molecule has 1 fully saturated rings. The minimum atomic E-state index is 0. The zero-order valence-electron chi connectivity index (χ0n) is 20.9. The Morgan fingerprint density at radius 1 is 0.865 bits per heavy atom. The van der Waals surface area contributed by atoms with Crippen molar-refractivity contribution in [1.29, 1.82) is 0 Å². The molecule has 5 rings (SSSR count). The largest absolute Gasteiger partial charge is 0.508 e. The minimum absolute atomic E-state index is 0. The van der Waals surface area contributed by atoms with E-state index in [0.717, 1.165) is 57.7 Å². The number of rotatable bonds is 9. The summed E-state index contributed by atoms with van der Waals surface area (Å²) in [6.07, 6.45) is 5.44. The number of benzene rings is 4. The van der Waals surface area contributed by atoms with E-state index < -0.39 is 0 Å². The number of phenols is 1. The van der Waals surface area contributed by atoms with E-state index in [1.807, 2.05) is 54.6 Å². The molecule has 6 heteroatoms. The number of aliphatic hydroxyl groups is 1. The van der Waals surface area contributed by atoms with E-state index in [1.165, 1.54) is 19.3 Å². The molecule has 0 radical (unpaired) electrons. The lowest BCUT2D eigenvalue weighted by molar-refractivity contribution is 0.268. The van der Waals surface area contributed by atoms with Gasteiger partial charge in [-0.25, -0.2) is 0 Å². The summed E-state index contributed by atoms with van der Waals surface area (Å²) in [4.78, 5) is 0. The first-order valence-electron chi connectivity index (χ1n) is 12.8. The maximum absolute atomic E-state index is 9.98. The zero-order chi connectivity index (χ0) is 24.7. The maximum atomic E-state index is 9.98. The fraction of sp³-hybridized carbons (Fsp3) is 0.290. The van der Waals surface area contributed by atoms with Crippen molar-refractivity contribution in [2.24, 2.45) is 0 Å². The van der Waals surface area contributed by atoms with E-state index in [0.29, 0.717) is 19.1 Å². The van der Waals surface area contributed by atoms with Gasteiger partial charge in [0.25, 0.3) is 0 Å². The number of aliphatic hydroxyl groups excluding tert-OH is 1. The molecule has 1 aliphatic heterocycles. The molecule has 0 saturated carbocycles. The average molecular weight is 520 g/mol. The lowest BCUT2D eigenvalue weighted by atomic mass is 9.98. The Morgan fingerprint density at radius 3 is 2.38 bits per heavy atom. The molecule has 0 amide bonds. The van der Waals surface area contributed by atoms with Gasteiger partial charge in [-0.1, -0.05) is 36.8 Å². The molecule has 1 heterocycles. The van der Waals surface area contributed by atoms with Crippen molar-refractivity contribution in [1.82, 2.24) is 5.32 Å². The normalized spacial score (nSPS) is 15.2. The SMILES string of the molecule is Cl.OCCc1ccc(-c2ccc3cc(O)ccc3c2Oc2ccc(OCCC3CCCCN3)cc2)cc1. The van der Waals surface area contributed by atoms with Crippen molar-refractivity contribution in [3.05, 3.63) is 84.4 Å². The summed E-state index contributed by atoms with van der Waals surface area (Å²) >= 11 is 0. The van der Waals surface area contributed by atoms with Gasteiger partial charge in [0.1, 0.15) is 23.0 Å². The highest BCUT2D eigenvalue weighted by atomic mass is 35.5. The van der Waals surface area contributed by atoms with Crippen LogP contribution in [0.1, 0.15) is 31.2 Å². The van der Waals surface area contributed by atoms with Crippen molar-refractivity contribution in [2.45, 2.75) is 38.1 Å². The predicted octanol–water partition coefficient (Wildman–Crippen LogP) is 6.87. The van der Waals surface area contributed by atoms with Gasteiger partial charge < -0.3 is 25.0 Å². The van der Waals surface area contributed by atoms with Crippen LogP contribution in [0.2, 0.25) is 0 Å². The van der Waals surface area contributed by atoms with Gasteiger partial charge in [0.15, 0.2) is 0 Å². The predicted molar refractivity (Wildman–Crippen MR) is 151 cm³/mol. The highest BCUT2D eigenvalue weighted by Gasteiger charge is 2.14.